The molecule has 2 N–H and O–H groups in total. The molecule has 0 aliphatic rings. The predicted octanol–water partition coefficient (Wildman–Crippen LogP) is 6.02. The second-order valence-corrected chi connectivity index (χ2v) is 9.26. The van der Waals surface area contributed by atoms with Gasteiger partial charge in [-0.3, -0.25) is 4.57 Å². The molecule has 9 heteroatoms. The molecule has 0 saturated carbocycles. The summed E-state index contributed by atoms with van der Waals surface area (Å²) in [6, 6.07) is 22.2. The summed E-state index contributed by atoms with van der Waals surface area (Å²) < 4.78 is 1.93. The first-order valence-corrected chi connectivity index (χ1v) is 12.2. The van der Waals surface area contributed by atoms with Crippen molar-refractivity contribution in [3.63, 3.8) is 0 Å². The Bertz CT molecular complexity index is 1410. The molecule has 0 bridgehead atoms. The number of benzene rings is 3. The highest BCUT2D eigenvalue weighted by Gasteiger charge is 2.18. The van der Waals surface area contributed by atoms with Crippen LogP contribution in [-0.2, 0) is 12.3 Å². The van der Waals surface area contributed by atoms with Gasteiger partial charge in [-0.2, -0.15) is 5.26 Å². The van der Waals surface area contributed by atoms with Gasteiger partial charge in [0.15, 0.2) is 11.0 Å². The minimum atomic E-state index is -0.411. The quantitative estimate of drug-likeness (QED) is 0.301. The number of aromatic nitrogens is 3. The molecule has 0 spiro atoms. The molecule has 1 aromatic heterocycles. The van der Waals surface area contributed by atoms with E-state index in [2.05, 4.69) is 46.0 Å². The van der Waals surface area contributed by atoms with E-state index in [0.29, 0.717) is 27.3 Å². The molecule has 1 heterocycles. The number of amides is 2. The molecule has 0 aliphatic carbocycles. The first-order valence-electron chi connectivity index (χ1n) is 10.9. The van der Waals surface area contributed by atoms with Gasteiger partial charge in [0.05, 0.1) is 23.9 Å². The summed E-state index contributed by atoms with van der Waals surface area (Å²) in [7, 11) is 0. The van der Waals surface area contributed by atoms with E-state index >= 15 is 0 Å². The van der Waals surface area contributed by atoms with Crippen molar-refractivity contribution < 1.29 is 4.79 Å². The van der Waals surface area contributed by atoms with Gasteiger partial charge in [-0.25, -0.2) is 4.79 Å². The number of thioether (sulfide) groups is 1. The number of aryl methyl sites for hydroxylation is 2. The fourth-order valence-corrected chi connectivity index (χ4v) is 4.70. The number of nitrogens with one attached hydrogen (secondary N) is 2. The maximum atomic E-state index is 12.5. The predicted molar refractivity (Wildman–Crippen MR) is 139 cm³/mol. The number of carbonyl (C=O) groups is 1. The number of halogens is 1. The highest BCUT2D eigenvalue weighted by Crippen LogP contribution is 2.29. The largest absolute Gasteiger partial charge is 0.331 e. The normalized spacial score (nSPS) is 10.6. The molecule has 7 nitrogen and oxygen atoms in total. The summed E-state index contributed by atoms with van der Waals surface area (Å²) in [5.74, 6) is 1.30. The third kappa shape index (κ3) is 6.01. The summed E-state index contributed by atoms with van der Waals surface area (Å²) in [6.45, 7) is 4.23. The van der Waals surface area contributed by atoms with E-state index < -0.39 is 6.03 Å². The molecule has 35 heavy (non-hydrogen) atoms. The van der Waals surface area contributed by atoms with Gasteiger partial charge in [0.1, 0.15) is 0 Å². The van der Waals surface area contributed by atoms with E-state index in [1.54, 1.807) is 36.0 Å². The topological polar surface area (TPSA) is 95.6 Å². The number of hydrogen-bond donors (Lipinski definition) is 2. The Hall–Kier alpha value is -3.80. The first kappa shape index (κ1) is 24.3. The van der Waals surface area contributed by atoms with Crippen LogP contribution in [0.2, 0.25) is 5.02 Å². The van der Waals surface area contributed by atoms with Crippen LogP contribution in [0.4, 0.5) is 10.5 Å². The highest BCUT2D eigenvalue weighted by molar-refractivity contribution is 7.98. The van der Waals surface area contributed by atoms with Gasteiger partial charge in [-0.1, -0.05) is 59.8 Å². The zero-order valence-electron chi connectivity index (χ0n) is 19.2. The van der Waals surface area contributed by atoms with Crippen molar-refractivity contribution in [2.24, 2.45) is 0 Å². The molecule has 4 aromatic rings. The average Bonchev–Trinajstić information content (AvgIpc) is 3.26. The van der Waals surface area contributed by atoms with Crippen molar-refractivity contribution in [2.45, 2.75) is 31.3 Å². The maximum absolute atomic E-state index is 12.5. The monoisotopic (exact) mass is 502 g/mol. The van der Waals surface area contributed by atoms with Gasteiger partial charge in [0.25, 0.3) is 0 Å². The smallest absolute Gasteiger partial charge is 0.319 e. The van der Waals surface area contributed by atoms with Gasteiger partial charge in [0.2, 0.25) is 0 Å². The summed E-state index contributed by atoms with van der Waals surface area (Å²) in [5.41, 5.74) is 5.29. The fourth-order valence-electron chi connectivity index (χ4n) is 3.49. The number of anilines is 1. The second-order valence-electron chi connectivity index (χ2n) is 7.88. The standard InChI is InChI=1S/C26H23ClN6OS/c1-17-6-3-4-8-20(17)16-35-26-32-31-24(33(26)23-13-21(27)11-10-18(23)2)15-29-25(34)30-22-9-5-7-19(12-22)14-28/h3-13H,15-16H2,1-2H3,(H2,29,30,34). The summed E-state index contributed by atoms with van der Waals surface area (Å²) in [5, 5.41) is 24.7. The van der Waals surface area contributed by atoms with Crippen LogP contribution in [0, 0.1) is 25.2 Å². The average molecular weight is 503 g/mol. The lowest BCUT2D eigenvalue weighted by Crippen LogP contribution is -2.29. The summed E-state index contributed by atoms with van der Waals surface area (Å²) in [6.07, 6.45) is 0. The van der Waals surface area contributed by atoms with E-state index in [4.69, 9.17) is 16.9 Å². The van der Waals surface area contributed by atoms with Gasteiger partial charge >= 0.3 is 6.03 Å². The minimum Gasteiger partial charge on any atom is -0.331 e. The Kier molecular flexibility index (Phi) is 7.70. The van der Waals surface area contributed by atoms with Crippen molar-refractivity contribution in [3.8, 4) is 11.8 Å². The molecule has 0 fully saturated rings. The third-order valence-electron chi connectivity index (χ3n) is 5.39. The molecular weight excluding hydrogens is 480 g/mol. The van der Waals surface area contributed by atoms with Gasteiger partial charge in [-0.05, 0) is 60.9 Å². The Morgan fingerprint density at radius 2 is 1.89 bits per heavy atom. The van der Waals surface area contributed by atoms with Crippen LogP contribution in [-0.4, -0.2) is 20.8 Å². The van der Waals surface area contributed by atoms with E-state index in [-0.39, 0.29) is 6.54 Å². The SMILES string of the molecule is Cc1ccccc1CSc1nnc(CNC(=O)Nc2cccc(C#N)c2)n1-c1cc(Cl)ccc1C. The van der Waals surface area contributed by atoms with Crippen molar-refractivity contribution in [2.75, 3.05) is 5.32 Å². The van der Waals surface area contributed by atoms with Crippen LogP contribution in [0.25, 0.3) is 5.69 Å². The van der Waals surface area contributed by atoms with Crippen molar-refractivity contribution in [1.82, 2.24) is 20.1 Å². The van der Waals surface area contributed by atoms with Crippen LogP contribution in [0.1, 0.15) is 28.1 Å². The van der Waals surface area contributed by atoms with Crippen molar-refractivity contribution in [3.05, 3.63) is 99.8 Å². The molecule has 0 atom stereocenters. The zero-order valence-corrected chi connectivity index (χ0v) is 20.8. The fraction of sp³-hybridized carbons (Fsp3) is 0.154. The number of nitrogens with zero attached hydrogens (tertiary/aromatic N) is 4. The number of rotatable bonds is 7. The lowest BCUT2D eigenvalue weighted by Gasteiger charge is -2.14. The summed E-state index contributed by atoms with van der Waals surface area (Å²) in [4.78, 5) is 12.5. The van der Waals surface area contributed by atoms with E-state index in [1.807, 2.05) is 41.8 Å². The molecule has 0 radical (unpaired) electrons. The molecule has 0 unspecified atom stereocenters. The molecule has 0 aliphatic heterocycles. The van der Waals surface area contributed by atoms with Gasteiger partial charge in [-0.15, -0.1) is 10.2 Å². The molecule has 3 aromatic carbocycles. The van der Waals surface area contributed by atoms with Crippen molar-refractivity contribution >= 4 is 35.1 Å². The van der Waals surface area contributed by atoms with Crippen LogP contribution >= 0.6 is 23.4 Å². The van der Waals surface area contributed by atoms with E-state index in [0.717, 1.165) is 17.0 Å². The molecule has 176 valence electrons. The lowest BCUT2D eigenvalue weighted by molar-refractivity contribution is 0.251. The summed E-state index contributed by atoms with van der Waals surface area (Å²) >= 11 is 7.88. The Morgan fingerprint density at radius 3 is 2.69 bits per heavy atom. The molecule has 2 amide bonds. The number of nitriles is 1. The first-order chi connectivity index (χ1) is 16.9. The highest BCUT2D eigenvalue weighted by atomic mass is 35.5. The van der Waals surface area contributed by atoms with E-state index in [9.17, 15) is 4.79 Å². The number of urea groups is 1. The second kappa shape index (κ2) is 11.1. The Labute approximate surface area is 213 Å². The van der Waals surface area contributed by atoms with Gasteiger partial charge < -0.3 is 10.6 Å². The molecule has 4 rings (SSSR count). The number of carbonyl (C=O) groups excluding carboxylic acids is 1. The molecular formula is C26H23ClN6OS. The third-order valence-corrected chi connectivity index (χ3v) is 6.60. The Balaban J connectivity index is 1.56. The maximum Gasteiger partial charge on any atom is 0.319 e. The minimum absolute atomic E-state index is 0.146. The number of hydrogen-bond acceptors (Lipinski definition) is 5. The van der Waals surface area contributed by atoms with Gasteiger partial charge in [0, 0.05) is 16.5 Å². The van der Waals surface area contributed by atoms with E-state index in [1.165, 1.54) is 11.1 Å². The lowest BCUT2D eigenvalue weighted by atomic mass is 10.1. The van der Waals surface area contributed by atoms with Crippen LogP contribution < -0.4 is 10.6 Å². The van der Waals surface area contributed by atoms with Crippen LogP contribution in [0.15, 0.2) is 71.9 Å². The molecule has 0 saturated heterocycles. The zero-order chi connectivity index (χ0) is 24.8. The Morgan fingerprint density at radius 1 is 1.06 bits per heavy atom. The van der Waals surface area contributed by atoms with Crippen LogP contribution in [0.5, 0.6) is 0 Å². The van der Waals surface area contributed by atoms with Crippen LogP contribution in [0.3, 0.4) is 0 Å². The van der Waals surface area contributed by atoms with Crippen molar-refractivity contribution in [1.29, 1.82) is 5.26 Å².